The average Bonchev–Trinajstić information content (AvgIpc) is 3.08. The van der Waals surface area contributed by atoms with Gasteiger partial charge >= 0.3 is 0 Å². The zero-order valence-electron chi connectivity index (χ0n) is 12.9. The molecule has 0 saturated carbocycles. The number of carbonyl (C=O) groups is 1. The van der Waals surface area contributed by atoms with E-state index in [1.807, 2.05) is 18.2 Å². The van der Waals surface area contributed by atoms with Crippen molar-refractivity contribution in [2.45, 2.75) is 6.42 Å². The lowest BCUT2D eigenvalue weighted by molar-refractivity contribution is 0.0960. The molecule has 4 rings (SSSR count). The van der Waals surface area contributed by atoms with Crippen LogP contribution in [0.3, 0.4) is 0 Å². The molecule has 0 bridgehead atoms. The molecule has 0 saturated heterocycles. The number of fused-ring (bicyclic) bond motifs is 2. The van der Waals surface area contributed by atoms with Gasteiger partial charge in [0.05, 0.1) is 12.2 Å². The van der Waals surface area contributed by atoms with Crippen LogP contribution in [0.1, 0.15) is 15.9 Å². The minimum atomic E-state index is -0.106. The summed E-state index contributed by atoms with van der Waals surface area (Å²) in [6.07, 6.45) is 0.848. The van der Waals surface area contributed by atoms with Gasteiger partial charge in [0.15, 0.2) is 0 Å². The Bertz CT molecular complexity index is 915. The van der Waals surface area contributed by atoms with Crippen LogP contribution >= 0.6 is 0 Å². The normalized spacial score (nSPS) is 12.7. The minimum absolute atomic E-state index is 0.106. The van der Waals surface area contributed by atoms with E-state index >= 15 is 0 Å². The van der Waals surface area contributed by atoms with Gasteiger partial charge in [0.2, 0.25) is 0 Å². The summed E-state index contributed by atoms with van der Waals surface area (Å²) < 4.78 is 5.65. The van der Waals surface area contributed by atoms with Crippen LogP contribution in [0.2, 0.25) is 0 Å². The lowest BCUT2D eigenvalue weighted by atomic mass is 9.96. The lowest BCUT2D eigenvalue weighted by Crippen LogP contribution is -2.18. The van der Waals surface area contributed by atoms with Crippen LogP contribution in [0, 0.1) is 0 Å². The molecule has 3 aromatic carbocycles. The van der Waals surface area contributed by atoms with Crippen molar-refractivity contribution >= 4 is 16.7 Å². The highest BCUT2D eigenvalue weighted by Gasteiger charge is 2.22. The Morgan fingerprint density at radius 3 is 2.65 bits per heavy atom. The molecule has 0 aliphatic carbocycles. The molecule has 114 valence electrons. The van der Waals surface area contributed by atoms with Gasteiger partial charge < -0.3 is 10.1 Å². The van der Waals surface area contributed by atoms with Gasteiger partial charge in [-0.15, -0.1) is 0 Å². The quantitative estimate of drug-likeness (QED) is 0.782. The molecule has 1 aliphatic rings. The van der Waals surface area contributed by atoms with Crippen molar-refractivity contribution in [1.29, 1.82) is 0 Å². The van der Waals surface area contributed by atoms with E-state index in [-0.39, 0.29) is 5.91 Å². The molecule has 3 heteroatoms. The Hall–Kier alpha value is -2.81. The Morgan fingerprint density at radius 1 is 1.00 bits per heavy atom. The van der Waals surface area contributed by atoms with Crippen molar-refractivity contribution in [3.63, 3.8) is 0 Å². The Labute approximate surface area is 134 Å². The predicted molar refractivity (Wildman–Crippen MR) is 92.0 cm³/mol. The summed E-state index contributed by atoms with van der Waals surface area (Å²) in [5.41, 5.74) is 3.89. The van der Waals surface area contributed by atoms with Crippen LogP contribution in [-0.4, -0.2) is 19.6 Å². The van der Waals surface area contributed by atoms with E-state index in [2.05, 4.69) is 41.7 Å². The zero-order valence-corrected chi connectivity index (χ0v) is 12.9. The highest BCUT2D eigenvalue weighted by molar-refractivity contribution is 5.99. The van der Waals surface area contributed by atoms with E-state index in [1.54, 1.807) is 7.05 Å². The number of nitrogens with one attached hydrogen (secondary N) is 1. The van der Waals surface area contributed by atoms with Crippen LogP contribution < -0.4 is 10.1 Å². The molecule has 1 heterocycles. The number of ether oxygens (including phenoxy) is 1. The third-order valence-electron chi connectivity index (χ3n) is 4.34. The zero-order chi connectivity index (χ0) is 15.8. The van der Waals surface area contributed by atoms with Crippen LogP contribution in [0.5, 0.6) is 5.75 Å². The summed E-state index contributed by atoms with van der Waals surface area (Å²) in [4.78, 5) is 12.2. The standard InChI is InChI=1S/C20H17NO2/c1-21-20(22)18-12-17(11-16-8-9-23-19(16)18)15-7-6-13-4-2-3-5-14(13)10-15/h2-7,10-12H,8-9H2,1H3,(H,21,22). The largest absolute Gasteiger partial charge is 0.492 e. The van der Waals surface area contributed by atoms with Crippen molar-refractivity contribution in [3.05, 3.63) is 65.7 Å². The first kappa shape index (κ1) is 13.8. The van der Waals surface area contributed by atoms with Crippen molar-refractivity contribution in [1.82, 2.24) is 5.32 Å². The van der Waals surface area contributed by atoms with E-state index < -0.39 is 0 Å². The molecule has 1 amide bonds. The van der Waals surface area contributed by atoms with Crippen LogP contribution in [0.4, 0.5) is 0 Å². The van der Waals surface area contributed by atoms with Crippen molar-refractivity contribution in [2.75, 3.05) is 13.7 Å². The summed E-state index contributed by atoms with van der Waals surface area (Å²) in [5.74, 6) is 0.625. The fourth-order valence-corrected chi connectivity index (χ4v) is 3.15. The van der Waals surface area contributed by atoms with Gasteiger partial charge in [-0.05, 0) is 45.7 Å². The summed E-state index contributed by atoms with van der Waals surface area (Å²) in [6, 6.07) is 18.7. The number of hydrogen-bond donors (Lipinski definition) is 1. The predicted octanol–water partition coefficient (Wildman–Crippen LogP) is 3.80. The molecular weight excluding hydrogens is 286 g/mol. The van der Waals surface area contributed by atoms with E-state index in [1.165, 1.54) is 10.8 Å². The molecule has 3 nitrogen and oxygen atoms in total. The first-order chi connectivity index (χ1) is 11.3. The van der Waals surface area contributed by atoms with Crippen molar-refractivity contribution in [3.8, 4) is 16.9 Å². The molecule has 1 N–H and O–H groups in total. The first-order valence-electron chi connectivity index (χ1n) is 7.77. The van der Waals surface area contributed by atoms with Gasteiger partial charge in [-0.3, -0.25) is 4.79 Å². The minimum Gasteiger partial charge on any atom is -0.492 e. The van der Waals surface area contributed by atoms with Gasteiger partial charge in [-0.2, -0.15) is 0 Å². The second-order valence-electron chi connectivity index (χ2n) is 5.75. The third-order valence-corrected chi connectivity index (χ3v) is 4.34. The Kier molecular flexibility index (Phi) is 3.27. The second-order valence-corrected chi connectivity index (χ2v) is 5.75. The summed E-state index contributed by atoms with van der Waals surface area (Å²) >= 11 is 0. The molecule has 0 radical (unpaired) electrons. The summed E-state index contributed by atoms with van der Waals surface area (Å²) in [7, 11) is 1.65. The van der Waals surface area contributed by atoms with Crippen molar-refractivity contribution < 1.29 is 9.53 Å². The Balaban J connectivity index is 1.89. The first-order valence-corrected chi connectivity index (χ1v) is 7.77. The van der Waals surface area contributed by atoms with Crippen LogP contribution in [0.15, 0.2) is 54.6 Å². The molecule has 0 atom stereocenters. The molecule has 0 unspecified atom stereocenters. The smallest absolute Gasteiger partial charge is 0.254 e. The maximum Gasteiger partial charge on any atom is 0.254 e. The molecule has 0 aromatic heterocycles. The molecule has 3 aromatic rings. The number of rotatable bonds is 2. The summed E-state index contributed by atoms with van der Waals surface area (Å²) in [5, 5.41) is 5.11. The van der Waals surface area contributed by atoms with Gasteiger partial charge in [-0.1, -0.05) is 36.4 Å². The fraction of sp³-hybridized carbons (Fsp3) is 0.150. The average molecular weight is 303 g/mol. The summed E-state index contributed by atoms with van der Waals surface area (Å²) in [6.45, 7) is 0.639. The highest BCUT2D eigenvalue weighted by atomic mass is 16.5. The van der Waals surface area contributed by atoms with Gasteiger partial charge in [-0.25, -0.2) is 0 Å². The topological polar surface area (TPSA) is 38.3 Å². The van der Waals surface area contributed by atoms with Crippen LogP contribution in [0.25, 0.3) is 21.9 Å². The maximum atomic E-state index is 12.2. The van der Waals surface area contributed by atoms with Gasteiger partial charge in [0.1, 0.15) is 5.75 Å². The van der Waals surface area contributed by atoms with E-state index in [0.717, 1.165) is 28.9 Å². The van der Waals surface area contributed by atoms with Gasteiger partial charge in [0.25, 0.3) is 5.91 Å². The molecule has 1 aliphatic heterocycles. The Morgan fingerprint density at radius 2 is 1.83 bits per heavy atom. The van der Waals surface area contributed by atoms with E-state index in [9.17, 15) is 4.79 Å². The second kappa shape index (κ2) is 5.43. The van der Waals surface area contributed by atoms with Gasteiger partial charge in [0, 0.05) is 13.5 Å². The number of carbonyl (C=O) groups excluding carboxylic acids is 1. The highest BCUT2D eigenvalue weighted by Crippen LogP contribution is 2.35. The number of amides is 1. The van der Waals surface area contributed by atoms with Crippen molar-refractivity contribution in [2.24, 2.45) is 0 Å². The van der Waals surface area contributed by atoms with E-state index in [4.69, 9.17) is 4.74 Å². The number of benzene rings is 3. The molecule has 23 heavy (non-hydrogen) atoms. The lowest BCUT2D eigenvalue weighted by Gasteiger charge is -2.11. The SMILES string of the molecule is CNC(=O)c1cc(-c2ccc3ccccc3c2)cc2c1OCC2. The van der Waals surface area contributed by atoms with E-state index in [0.29, 0.717) is 12.2 Å². The van der Waals surface area contributed by atoms with Crippen LogP contribution in [-0.2, 0) is 6.42 Å². The monoisotopic (exact) mass is 303 g/mol. The molecular formula is C20H17NO2. The maximum absolute atomic E-state index is 12.2. The third kappa shape index (κ3) is 2.34. The fourth-order valence-electron chi connectivity index (χ4n) is 3.15. The molecule has 0 fully saturated rings. The number of hydrogen-bond acceptors (Lipinski definition) is 2. The molecule has 0 spiro atoms.